The lowest BCUT2D eigenvalue weighted by atomic mass is 9.94. The van der Waals surface area contributed by atoms with Gasteiger partial charge in [0.15, 0.2) is 5.78 Å². The molecule has 1 fully saturated rings. The van der Waals surface area contributed by atoms with E-state index in [1.54, 1.807) is 0 Å². The van der Waals surface area contributed by atoms with Crippen molar-refractivity contribution < 1.29 is 9.59 Å². The number of fused-ring (bicyclic) bond motifs is 1. The van der Waals surface area contributed by atoms with Gasteiger partial charge in [-0.25, -0.2) is 0 Å². The first-order valence-corrected chi connectivity index (χ1v) is 9.35. The summed E-state index contributed by atoms with van der Waals surface area (Å²) in [5.41, 5.74) is 3.09. The maximum Gasteiger partial charge on any atom is 0.268 e. The minimum atomic E-state index is -0.0820. The summed E-state index contributed by atoms with van der Waals surface area (Å²) >= 11 is 0. The largest absolute Gasteiger partial charge is 0.354 e. The van der Waals surface area contributed by atoms with Gasteiger partial charge in [0.05, 0.1) is 0 Å². The van der Waals surface area contributed by atoms with Crippen LogP contribution in [0, 0.1) is 6.92 Å². The monoisotopic (exact) mass is 331 g/mol. The van der Waals surface area contributed by atoms with Crippen LogP contribution in [0.3, 0.4) is 0 Å². The molecule has 132 valence electrons. The van der Waals surface area contributed by atoms with Crippen LogP contribution in [0.2, 0.25) is 0 Å². The van der Waals surface area contributed by atoms with Crippen molar-refractivity contribution in [1.29, 1.82) is 0 Å². The summed E-state index contributed by atoms with van der Waals surface area (Å²) in [6.07, 6.45) is 7.22. The molecule has 1 aromatic rings. The average molecular weight is 331 g/mol. The van der Waals surface area contributed by atoms with Crippen molar-refractivity contribution in [3.63, 3.8) is 0 Å². The molecule has 2 N–H and O–H groups in total. The molecule has 1 amide bonds. The summed E-state index contributed by atoms with van der Waals surface area (Å²) < 4.78 is 0. The number of nitrogens with one attached hydrogen (secondary N) is 2. The van der Waals surface area contributed by atoms with Gasteiger partial charge in [0.1, 0.15) is 5.69 Å². The molecule has 1 atom stereocenters. The third-order valence-electron chi connectivity index (χ3n) is 5.51. The lowest BCUT2D eigenvalue weighted by Crippen LogP contribution is -2.39. The molecule has 2 aliphatic rings. The van der Waals surface area contributed by atoms with Gasteiger partial charge in [0, 0.05) is 36.8 Å². The third kappa shape index (κ3) is 3.56. The molecule has 3 rings (SSSR count). The van der Waals surface area contributed by atoms with Crippen LogP contribution in [0.1, 0.15) is 77.6 Å². The van der Waals surface area contributed by atoms with Gasteiger partial charge in [0.25, 0.3) is 5.91 Å². The van der Waals surface area contributed by atoms with E-state index in [4.69, 9.17) is 0 Å². The summed E-state index contributed by atoms with van der Waals surface area (Å²) in [6.45, 7) is 7.07. The molecule has 1 unspecified atom stereocenters. The van der Waals surface area contributed by atoms with Crippen LogP contribution in [-0.4, -0.2) is 47.3 Å². The van der Waals surface area contributed by atoms with Gasteiger partial charge in [0.2, 0.25) is 0 Å². The topological polar surface area (TPSA) is 65.2 Å². The van der Waals surface area contributed by atoms with Crippen molar-refractivity contribution >= 4 is 11.7 Å². The molecule has 0 radical (unpaired) electrons. The van der Waals surface area contributed by atoms with E-state index in [1.165, 1.54) is 25.8 Å². The number of likely N-dealkylation sites (tertiary alicyclic amines) is 1. The fourth-order valence-electron chi connectivity index (χ4n) is 4.06. The number of nitrogens with zero attached hydrogens (tertiary/aromatic N) is 1. The van der Waals surface area contributed by atoms with Gasteiger partial charge < -0.3 is 15.2 Å². The smallest absolute Gasteiger partial charge is 0.268 e. The van der Waals surface area contributed by atoms with Gasteiger partial charge in [-0.1, -0.05) is 6.42 Å². The normalized spacial score (nSPS) is 21.6. The van der Waals surface area contributed by atoms with Gasteiger partial charge in [-0.2, -0.15) is 0 Å². The highest BCUT2D eigenvalue weighted by Crippen LogP contribution is 2.26. The van der Waals surface area contributed by atoms with E-state index in [9.17, 15) is 9.59 Å². The molecule has 24 heavy (non-hydrogen) atoms. The second-order valence-electron chi connectivity index (χ2n) is 7.25. The number of piperidine rings is 1. The van der Waals surface area contributed by atoms with Crippen LogP contribution in [0.5, 0.6) is 0 Å². The molecule has 1 aromatic heterocycles. The SMILES string of the molecule is Cc1c(C(=O)NCCCN2CCCCC2C)[nH]c2c1C(=O)CCC2. The van der Waals surface area contributed by atoms with E-state index in [2.05, 4.69) is 22.1 Å². The molecule has 5 heteroatoms. The van der Waals surface area contributed by atoms with Crippen molar-refractivity contribution in [3.8, 4) is 0 Å². The summed E-state index contributed by atoms with van der Waals surface area (Å²) in [7, 11) is 0. The number of aryl methyl sites for hydroxylation is 1. The zero-order valence-corrected chi connectivity index (χ0v) is 14.9. The van der Waals surface area contributed by atoms with Crippen molar-refractivity contribution in [2.24, 2.45) is 0 Å². The quantitative estimate of drug-likeness (QED) is 0.816. The molecule has 2 heterocycles. The van der Waals surface area contributed by atoms with Gasteiger partial charge in [-0.3, -0.25) is 9.59 Å². The minimum Gasteiger partial charge on any atom is -0.354 e. The fourth-order valence-corrected chi connectivity index (χ4v) is 4.06. The number of Topliss-reactive ketones (excluding diaryl/α,β-unsaturated/α-hetero) is 1. The van der Waals surface area contributed by atoms with Gasteiger partial charge in [-0.15, -0.1) is 0 Å². The van der Waals surface area contributed by atoms with Crippen LogP contribution < -0.4 is 5.32 Å². The summed E-state index contributed by atoms with van der Waals surface area (Å²) in [6, 6.07) is 0.665. The maximum atomic E-state index is 12.4. The molecule has 5 nitrogen and oxygen atoms in total. The Bertz CT molecular complexity index is 620. The van der Waals surface area contributed by atoms with Crippen molar-refractivity contribution in [3.05, 3.63) is 22.5 Å². The minimum absolute atomic E-state index is 0.0820. The molecule has 1 saturated heterocycles. The molecule has 0 bridgehead atoms. The Labute approximate surface area is 144 Å². The van der Waals surface area contributed by atoms with E-state index in [0.29, 0.717) is 24.7 Å². The number of carbonyl (C=O) groups excluding carboxylic acids is 2. The van der Waals surface area contributed by atoms with Crippen LogP contribution in [0.25, 0.3) is 0 Å². The molecule has 0 aromatic carbocycles. The second-order valence-corrected chi connectivity index (χ2v) is 7.25. The van der Waals surface area contributed by atoms with E-state index >= 15 is 0 Å². The predicted molar refractivity (Wildman–Crippen MR) is 94.6 cm³/mol. The Kier molecular flexibility index (Phi) is 5.39. The summed E-state index contributed by atoms with van der Waals surface area (Å²) in [4.78, 5) is 30.2. The Balaban J connectivity index is 1.51. The zero-order chi connectivity index (χ0) is 17.1. The number of H-pyrrole nitrogens is 1. The highest BCUT2D eigenvalue weighted by Gasteiger charge is 2.26. The van der Waals surface area contributed by atoms with E-state index < -0.39 is 0 Å². The van der Waals surface area contributed by atoms with E-state index in [-0.39, 0.29) is 11.7 Å². The number of hydrogen-bond acceptors (Lipinski definition) is 3. The van der Waals surface area contributed by atoms with Crippen LogP contribution >= 0.6 is 0 Å². The number of rotatable bonds is 5. The predicted octanol–water partition coefficient (Wildman–Crippen LogP) is 2.84. The molecule has 0 spiro atoms. The average Bonchev–Trinajstić information content (AvgIpc) is 2.91. The second kappa shape index (κ2) is 7.51. The van der Waals surface area contributed by atoms with Crippen molar-refractivity contribution in [2.75, 3.05) is 19.6 Å². The molecule has 0 saturated carbocycles. The first-order chi connectivity index (χ1) is 11.6. The molecular formula is C19H29N3O2. The van der Waals surface area contributed by atoms with Gasteiger partial charge in [-0.05, 0) is 58.1 Å². The number of aromatic amines is 1. The Morgan fingerprint density at radius 2 is 2.12 bits per heavy atom. The van der Waals surface area contributed by atoms with Gasteiger partial charge >= 0.3 is 0 Å². The highest BCUT2D eigenvalue weighted by atomic mass is 16.2. The van der Waals surface area contributed by atoms with Crippen LogP contribution in [0.4, 0.5) is 0 Å². The van der Waals surface area contributed by atoms with Crippen molar-refractivity contribution in [2.45, 2.75) is 64.8 Å². The number of hydrogen-bond donors (Lipinski definition) is 2. The highest BCUT2D eigenvalue weighted by molar-refractivity contribution is 6.04. The molecule has 1 aliphatic carbocycles. The first-order valence-electron chi connectivity index (χ1n) is 9.35. The van der Waals surface area contributed by atoms with Crippen LogP contribution in [0.15, 0.2) is 0 Å². The zero-order valence-electron chi connectivity index (χ0n) is 14.9. The maximum absolute atomic E-state index is 12.4. The number of carbonyl (C=O) groups is 2. The number of amides is 1. The third-order valence-corrected chi connectivity index (χ3v) is 5.51. The van der Waals surface area contributed by atoms with Crippen LogP contribution in [-0.2, 0) is 6.42 Å². The summed E-state index contributed by atoms with van der Waals surface area (Å²) in [5, 5.41) is 3.01. The van der Waals surface area contributed by atoms with E-state index in [1.807, 2.05) is 6.92 Å². The Morgan fingerprint density at radius 1 is 1.29 bits per heavy atom. The fraction of sp³-hybridized carbons (Fsp3) is 0.684. The first kappa shape index (κ1) is 17.2. The standard InChI is InChI=1S/C19H29N3O2/c1-13-7-3-4-11-22(13)12-6-10-20-19(24)18-14(2)17-15(21-18)8-5-9-16(17)23/h13,21H,3-12H2,1-2H3,(H,20,24). The number of ketones is 1. The molecule has 1 aliphatic heterocycles. The summed E-state index contributed by atoms with van der Waals surface area (Å²) in [5.74, 6) is 0.0875. The molecular weight excluding hydrogens is 302 g/mol. The van der Waals surface area contributed by atoms with Crippen molar-refractivity contribution in [1.82, 2.24) is 15.2 Å². The van der Waals surface area contributed by atoms with E-state index in [0.717, 1.165) is 42.6 Å². The lowest BCUT2D eigenvalue weighted by Gasteiger charge is -2.33. The number of aromatic nitrogens is 1. The Morgan fingerprint density at radius 3 is 2.88 bits per heavy atom. The lowest BCUT2D eigenvalue weighted by molar-refractivity contribution is 0.0943. The Hall–Kier alpha value is -1.62.